The van der Waals surface area contributed by atoms with E-state index < -0.39 is 23.3 Å². The van der Waals surface area contributed by atoms with Gasteiger partial charge in [0.2, 0.25) is 5.91 Å². The van der Waals surface area contributed by atoms with Crippen LogP contribution in [0, 0.1) is 5.41 Å². The van der Waals surface area contributed by atoms with Gasteiger partial charge in [-0.3, -0.25) is 14.9 Å². The number of urea groups is 1. The van der Waals surface area contributed by atoms with Crippen LogP contribution in [0.15, 0.2) is 17.5 Å². The predicted molar refractivity (Wildman–Crippen MR) is 75.6 cm³/mol. The van der Waals surface area contributed by atoms with Gasteiger partial charge in [0.1, 0.15) is 0 Å². The number of carboxylic acids is 1. The average Bonchev–Trinajstić information content (AvgIpc) is 2.80. The number of rotatable bonds is 6. The normalized spacial score (nSPS) is 10.9. The third-order valence-electron chi connectivity index (χ3n) is 2.67. The summed E-state index contributed by atoms with van der Waals surface area (Å²) < 4.78 is 0. The highest BCUT2D eigenvalue weighted by Gasteiger charge is 2.30. The van der Waals surface area contributed by atoms with E-state index in [-0.39, 0.29) is 6.42 Å². The molecular formula is C13H18N2O4S. The SMILES string of the molecule is CC(C)(CC(=O)NC(=O)NCCc1cccs1)C(=O)O. The second kappa shape index (κ2) is 7.04. The van der Waals surface area contributed by atoms with Crippen LogP contribution in [-0.2, 0) is 16.0 Å². The molecule has 3 N–H and O–H groups in total. The number of carboxylic acid groups (broad SMARTS) is 1. The van der Waals surface area contributed by atoms with Crippen LogP contribution in [0.1, 0.15) is 25.1 Å². The molecule has 0 spiro atoms. The molecule has 0 aliphatic heterocycles. The Morgan fingerprint density at radius 1 is 1.35 bits per heavy atom. The van der Waals surface area contributed by atoms with Crippen molar-refractivity contribution in [2.75, 3.05) is 6.54 Å². The van der Waals surface area contributed by atoms with Crippen molar-refractivity contribution in [3.8, 4) is 0 Å². The van der Waals surface area contributed by atoms with Crippen molar-refractivity contribution in [1.29, 1.82) is 0 Å². The molecule has 110 valence electrons. The molecule has 1 aromatic rings. The van der Waals surface area contributed by atoms with Crippen molar-refractivity contribution >= 4 is 29.2 Å². The Hall–Kier alpha value is -1.89. The van der Waals surface area contributed by atoms with Crippen molar-refractivity contribution in [2.24, 2.45) is 5.41 Å². The zero-order valence-corrected chi connectivity index (χ0v) is 12.3. The zero-order valence-electron chi connectivity index (χ0n) is 11.4. The van der Waals surface area contributed by atoms with E-state index >= 15 is 0 Å². The second-order valence-corrected chi connectivity index (χ2v) is 6.03. The first-order valence-corrected chi connectivity index (χ1v) is 7.03. The number of nitrogens with one attached hydrogen (secondary N) is 2. The van der Waals surface area contributed by atoms with Crippen molar-refractivity contribution in [3.63, 3.8) is 0 Å². The van der Waals surface area contributed by atoms with E-state index in [1.54, 1.807) is 11.3 Å². The number of amides is 3. The molecule has 3 amide bonds. The molecule has 0 saturated heterocycles. The first-order chi connectivity index (χ1) is 9.31. The maximum Gasteiger partial charge on any atom is 0.321 e. The first kappa shape index (κ1) is 16.2. The van der Waals surface area contributed by atoms with Crippen molar-refractivity contribution < 1.29 is 19.5 Å². The fourth-order valence-electron chi connectivity index (χ4n) is 1.45. The third-order valence-corrected chi connectivity index (χ3v) is 3.61. The molecule has 7 heteroatoms. The quantitative estimate of drug-likeness (QED) is 0.743. The summed E-state index contributed by atoms with van der Waals surface area (Å²) in [6, 6.07) is 3.29. The molecule has 0 aromatic carbocycles. The molecule has 0 aliphatic carbocycles. The van der Waals surface area contributed by atoms with E-state index in [1.165, 1.54) is 13.8 Å². The molecular weight excluding hydrogens is 280 g/mol. The molecule has 0 fully saturated rings. The number of hydrogen-bond acceptors (Lipinski definition) is 4. The van der Waals surface area contributed by atoms with Crippen LogP contribution in [0.5, 0.6) is 0 Å². The van der Waals surface area contributed by atoms with Crippen molar-refractivity contribution in [3.05, 3.63) is 22.4 Å². The Balaban J connectivity index is 2.28. The highest BCUT2D eigenvalue weighted by molar-refractivity contribution is 7.09. The molecule has 0 radical (unpaired) electrons. The number of imide groups is 1. The molecule has 1 heterocycles. The van der Waals surface area contributed by atoms with Crippen LogP contribution in [0.3, 0.4) is 0 Å². The fraction of sp³-hybridized carbons (Fsp3) is 0.462. The molecule has 6 nitrogen and oxygen atoms in total. The Bertz CT molecular complexity index is 483. The summed E-state index contributed by atoms with van der Waals surface area (Å²) in [5.41, 5.74) is -1.19. The van der Waals surface area contributed by atoms with E-state index in [9.17, 15) is 14.4 Å². The smallest absolute Gasteiger partial charge is 0.321 e. The van der Waals surface area contributed by atoms with Crippen LogP contribution < -0.4 is 10.6 Å². The van der Waals surface area contributed by atoms with Gasteiger partial charge in [-0.15, -0.1) is 11.3 Å². The molecule has 0 atom stereocenters. The zero-order chi connectivity index (χ0) is 15.2. The Labute approximate surface area is 121 Å². The number of thiophene rings is 1. The van der Waals surface area contributed by atoms with Gasteiger partial charge >= 0.3 is 12.0 Å². The largest absolute Gasteiger partial charge is 0.481 e. The van der Waals surface area contributed by atoms with Crippen LogP contribution in [0.25, 0.3) is 0 Å². The van der Waals surface area contributed by atoms with Crippen molar-refractivity contribution in [2.45, 2.75) is 26.7 Å². The van der Waals surface area contributed by atoms with Gasteiger partial charge in [0, 0.05) is 17.8 Å². The summed E-state index contributed by atoms with van der Waals surface area (Å²) in [4.78, 5) is 35.0. The molecule has 0 bridgehead atoms. The lowest BCUT2D eigenvalue weighted by atomic mass is 9.89. The topological polar surface area (TPSA) is 95.5 Å². The van der Waals surface area contributed by atoms with Gasteiger partial charge in [0.25, 0.3) is 0 Å². The van der Waals surface area contributed by atoms with Crippen LogP contribution in [0.4, 0.5) is 4.79 Å². The van der Waals surface area contributed by atoms with Crippen LogP contribution in [0.2, 0.25) is 0 Å². The fourth-order valence-corrected chi connectivity index (χ4v) is 2.16. The van der Waals surface area contributed by atoms with Crippen LogP contribution in [-0.4, -0.2) is 29.6 Å². The number of hydrogen-bond donors (Lipinski definition) is 3. The van der Waals surface area contributed by atoms with E-state index in [2.05, 4.69) is 10.6 Å². The van der Waals surface area contributed by atoms with Gasteiger partial charge in [-0.05, 0) is 31.7 Å². The summed E-state index contributed by atoms with van der Waals surface area (Å²) in [5.74, 6) is -1.68. The standard InChI is InChI=1S/C13H18N2O4S/c1-13(2,11(17)18)8-10(16)15-12(19)14-6-5-9-4-3-7-20-9/h3-4,7H,5-6,8H2,1-2H3,(H,17,18)(H2,14,15,16,19). The minimum Gasteiger partial charge on any atom is -0.481 e. The molecule has 1 rings (SSSR count). The lowest BCUT2D eigenvalue weighted by Crippen LogP contribution is -2.42. The third kappa shape index (κ3) is 5.40. The van der Waals surface area contributed by atoms with Gasteiger partial charge in [0.15, 0.2) is 0 Å². The van der Waals surface area contributed by atoms with Gasteiger partial charge in [0.05, 0.1) is 5.41 Å². The lowest BCUT2D eigenvalue weighted by molar-refractivity contribution is -0.149. The minimum atomic E-state index is -1.19. The number of carbonyl (C=O) groups is 3. The number of carbonyl (C=O) groups excluding carboxylic acids is 2. The summed E-state index contributed by atoms with van der Waals surface area (Å²) in [7, 11) is 0. The summed E-state index contributed by atoms with van der Waals surface area (Å²) in [6.07, 6.45) is 0.445. The Kier molecular flexibility index (Phi) is 5.69. The van der Waals surface area contributed by atoms with Gasteiger partial charge in [-0.1, -0.05) is 6.07 Å². The maximum atomic E-state index is 11.5. The van der Waals surface area contributed by atoms with E-state index in [1.807, 2.05) is 17.5 Å². The maximum absolute atomic E-state index is 11.5. The monoisotopic (exact) mass is 298 g/mol. The summed E-state index contributed by atoms with van der Waals surface area (Å²) in [5, 5.41) is 15.5. The minimum absolute atomic E-state index is 0.249. The average molecular weight is 298 g/mol. The lowest BCUT2D eigenvalue weighted by Gasteiger charge is -2.17. The number of aliphatic carboxylic acids is 1. The molecule has 0 saturated carbocycles. The van der Waals surface area contributed by atoms with Gasteiger partial charge in [-0.2, -0.15) is 0 Å². The van der Waals surface area contributed by atoms with Crippen molar-refractivity contribution in [1.82, 2.24) is 10.6 Å². The molecule has 0 unspecified atom stereocenters. The van der Waals surface area contributed by atoms with E-state index in [0.717, 1.165) is 4.88 Å². The Morgan fingerprint density at radius 2 is 2.05 bits per heavy atom. The first-order valence-electron chi connectivity index (χ1n) is 6.15. The van der Waals surface area contributed by atoms with E-state index in [0.29, 0.717) is 13.0 Å². The predicted octanol–water partition coefficient (Wildman–Crippen LogP) is 1.62. The summed E-state index contributed by atoms with van der Waals surface area (Å²) in [6.45, 7) is 3.29. The van der Waals surface area contributed by atoms with Gasteiger partial charge < -0.3 is 10.4 Å². The van der Waals surface area contributed by atoms with Gasteiger partial charge in [-0.25, -0.2) is 4.79 Å². The highest BCUT2D eigenvalue weighted by Crippen LogP contribution is 2.19. The Morgan fingerprint density at radius 3 is 2.60 bits per heavy atom. The second-order valence-electron chi connectivity index (χ2n) is 5.00. The molecule has 20 heavy (non-hydrogen) atoms. The van der Waals surface area contributed by atoms with Crippen LogP contribution >= 0.6 is 11.3 Å². The molecule has 1 aromatic heterocycles. The summed E-state index contributed by atoms with van der Waals surface area (Å²) >= 11 is 1.60. The van der Waals surface area contributed by atoms with E-state index in [4.69, 9.17) is 5.11 Å². The highest BCUT2D eigenvalue weighted by atomic mass is 32.1. The molecule has 0 aliphatic rings.